The molecule has 1 aliphatic heterocycles. The standard InChI is InChI=1S/C13H16N6O2S/c20-12(17-13-16-11(18-22-13)8-1-2-8)15-6-9-5-14-10-7-21-4-3-19(9)10/h5,8H,1-4,6-7H2,(H2,15,16,17,18,20). The van der Waals surface area contributed by atoms with Gasteiger partial charge in [0.1, 0.15) is 18.3 Å². The fraction of sp³-hybridized carbons (Fsp3) is 0.538. The van der Waals surface area contributed by atoms with Crippen molar-refractivity contribution in [2.75, 3.05) is 11.9 Å². The maximum absolute atomic E-state index is 11.9. The van der Waals surface area contributed by atoms with Crippen LogP contribution in [-0.4, -0.2) is 31.5 Å². The lowest BCUT2D eigenvalue weighted by Gasteiger charge is -2.17. The Balaban J connectivity index is 1.33. The van der Waals surface area contributed by atoms with E-state index in [1.807, 2.05) is 0 Å². The van der Waals surface area contributed by atoms with Crippen LogP contribution in [0.3, 0.4) is 0 Å². The van der Waals surface area contributed by atoms with Crippen molar-refractivity contribution in [3.63, 3.8) is 0 Å². The second-order valence-electron chi connectivity index (χ2n) is 5.41. The van der Waals surface area contributed by atoms with Gasteiger partial charge in [0.15, 0.2) is 0 Å². The van der Waals surface area contributed by atoms with Crippen LogP contribution in [0, 0.1) is 0 Å². The number of amides is 2. The van der Waals surface area contributed by atoms with Gasteiger partial charge < -0.3 is 14.6 Å². The molecule has 22 heavy (non-hydrogen) atoms. The molecular formula is C13H16N6O2S. The SMILES string of the molecule is O=C(NCc1cnc2n1CCOC2)Nc1nc(C2CC2)ns1. The van der Waals surface area contributed by atoms with Crippen LogP contribution in [-0.2, 0) is 24.4 Å². The molecule has 0 aromatic carbocycles. The first-order chi connectivity index (χ1) is 10.8. The van der Waals surface area contributed by atoms with E-state index in [4.69, 9.17) is 4.74 Å². The van der Waals surface area contributed by atoms with E-state index in [0.717, 1.165) is 36.7 Å². The minimum Gasteiger partial charge on any atom is -0.372 e. The van der Waals surface area contributed by atoms with Crippen LogP contribution in [0.1, 0.15) is 36.1 Å². The molecule has 2 aromatic rings. The molecular weight excluding hydrogens is 304 g/mol. The number of anilines is 1. The Morgan fingerprint density at radius 2 is 2.41 bits per heavy atom. The third kappa shape index (κ3) is 2.81. The summed E-state index contributed by atoms with van der Waals surface area (Å²) in [6.45, 7) is 2.40. The third-order valence-electron chi connectivity index (χ3n) is 3.75. The van der Waals surface area contributed by atoms with Crippen molar-refractivity contribution in [2.45, 2.75) is 38.5 Å². The van der Waals surface area contributed by atoms with Crippen molar-refractivity contribution in [1.29, 1.82) is 0 Å². The van der Waals surface area contributed by atoms with Gasteiger partial charge in [0, 0.05) is 24.0 Å². The van der Waals surface area contributed by atoms with E-state index in [9.17, 15) is 4.79 Å². The molecule has 2 aliphatic rings. The number of imidazole rings is 1. The van der Waals surface area contributed by atoms with E-state index >= 15 is 0 Å². The quantitative estimate of drug-likeness (QED) is 0.889. The highest BCUT2D eigenvalue weighted by molar-refractivity contribution is 7.09. The van der Waals surface area contributed by atoms with Crippen molar-refractivity contribution in [3.05, 3.63) is 23.5 Å². The molecule has 8 nitrogen and oxygen atoms in total. The summed E-state index contributed by atoms with van der Waals surface area (Å²) in [4.78, 5) is 20.6. The van der Waals surface area contributed by atoms with Crippen LogP contribution in [0.5, 0.6) is 0 Å². The number of carbonyl (C=O) groups excluding carboxylic acids is 1. The Morgan fingerprint density at radius 3 is 3.27 bits per heavy atom. The molecule has 4 rings (SSSR count). The van der Waals surface area contributed by atoms with Gasteiger partial charge in [-0.05, 0) is 12.8 Å². The van der Waals surface area contributed by atoms with Gasteiger partial charge in [-0.25, -0.2) is 14.8 Å². The fourth-order valence-corrected chi connectivity index (χ4v) is 3.05. The van der Waals surface area contributed by atoms with Gasteiger partial charge in [-0.2, -0.15) is 4.37 Å². The van der Waals surface area contributed by atoms with E-state index in [2.05, 4.69) is 29.5 Å². The Hall–Kier alpha value is -2.00. The number of fused-ring (bicyclic) bond motifs is 1. The van der Waals surface area contributed by atoms with Gasteiger partial charge in [0.2, 0.25) is 5.13 Å². The van der Waals surface area contributed by atoms with E-state index in [0.29, 0.717) is 30.8 Å². The molecule has 0 bridgehead atoms. The minimum atomic E-state index is -0.277. The average molecular weight is 320 g/mol. The minimum absolute atomic E-state index is 0.277. The molecule has 2 amide bonds. The lowest BCUT2D eigenvalue weighted by atomic mass is 10.4. The van der Waals surface area contributed by atoms with Crippen LogP contribution in [0.25, 0.3) is 0 Å². The number of nitrogens with zero attached hydrogens (tertiary/aromatic N) is 4. The van der Waals surface area contributed by atoms with Crippen molar-refractivity contribution in [2.24, 2.45) is 0 Å². The number of aromatic nitrogens is 4. The average Bonchev–Trinajstić information content (AvgIpc) is 3.14. The topological polar surface area (TPSA) is 94.0 Å². The normalized spacial score (nSPS) is 17.1. The van der Waals surface area contributed by atoms with E-state index in [-0.39, 0.29) is 6.03 Å². The summed E-state index contributed by atoms with van der Waals surface area (Å²) in [7, 11) is 0. The lowest BCUT2D eigenvalue weighted by Crippen LogP contribution is -2.30. The highest BCUT2D eigenvalue weighted by Gasteiger charge is 2.28. The molecule has 116 valence electrons. The van der Waals surface area contributed by atoms with Crippen LogP contribution in [0.15, 0.2) is 6.20 Å². The zero-order chi connectivity index (χ0) is 14.9. The second kappa shape index (κ2) is 5.65. The first-order valence-corrected chi connectivity index (χ1v) is 8.06. The largest absolute Gasteiger partial charge is 0.372 e. The van der Waals surface area contributed by atoms with Gasteiger partial charge in [-0.3, -0.25) is 5.32 Å². The van der Waals surface area contributed by atoms with Gasteiger partial charge in [-0.15, -0.1) is 0 Å². The molecule has 9 heteroatoms. The summed E-state index contributed by atoms with van der Waals surface area (Å²) < 4.78 is 11.7. The van der Waals surface area contributed by atoms with Crippen molar-refractivity contribution in [1.82, 2.24) is 24.2 Å². The van der Waals surface area contributed by atoms with Gasteiger partial charge in [-0.1, -0.05) is 0 Å². The smallest absolute Gasteiger partial charge is 0.321 e. The van der Waals surface area contributed by atoms with Gasteiger partial charge in [0.25, 0.3) is 0 Å². The number of hydrogen-bond acceptors (Lipinski definition) is 6. The zero-order valence-electron chi connectivity index (χ0n) is 11.9. The van der Waals surface area contributed by atoms with Gasteiger partial charge in [0.05, 0.1) is 25.0 Å². The molecule has 1 saturated carbocycles. The summed E-state index contributed by atoms with van der Waals surface area (Å²) >= 11 is 1.23. The number of nitrogens with one attached hydrogen (secondary N) is 2. The number of urea groups is 1. The lowest BCUT2D eigenvalue weighted by molar-refractivity contribution is 0.0806. The summed E-state index contributed by atoms with van der Waals surface area (Å²) in [6, 6.07) is -0.277. The number of rotatable bonds is 4. The molecule has 2 N–H and O–H groups in total. The van der Waals surface area contributed by atoms with Crippen LogP contribution in [0.4, 0.5) is 9.93 Å². The highest BCUT2D eigenvalue weighted by atomic mass is 32.1. The van der Waals surface area contributed by atoms with Crippen molar-refractivity contribution < 1.29 is 9.53 Å². The first-order valence-electron chi connectivity index (χ1n) is 7.29. The molecule has 0 saturated heterocycles. The second-order valence-corrected chi connectivity index (χ2v) is 6.16. The monoisotopic (exact) mass is 320 g/mol. The van der Waals surface area contributed by atoms with E-state index in [1.54, 1.807) is 6.20 Å². The summed E-state index contributed by atoms with van der Waals surface area (Å²) in [6.07, 6.45) is 4.08. The maximum Gasteiger partial charge on any atom is 0.321 e. The Labute approximate surface area is 131 Å². The summed E-state index contributed by atoms with van der Waals surface area (Å²) in [5, 5.41) is 6.10. The molecule has 0 spiro atoms. The summed E-state index contributed by atoms with van der Waals surface area (Å²) in [5.74, 6) is 2.25. The predicted molar refractivity (Wildman–Crippen MR) is 79.6 cm³/mol. The van der Waals surface area contributed by atoms with Crippen LogP contribution >= 0.6 is 11.5 Å². The molecule has 1 aliphatic carbocycles. The Morgan fingerprint density at radius 1 is 1.50 bits per heavy atom. The Kier molecular flexibility index (Phi) is 3.51. The zero-order valence-corrected chi connectivity index (χ0v) is 12.7. The van der Waals surface area contributed by atoms with E-state index < -0.39 is 0 Å². The molecule has 0 atom stereocenters. The maximum atomic E-state index is 11.9. The van der Waals surface area contributed by atoms with Gasteiger partial charge >= 0.3 is 6.03 Å². The van der Waals surface area contributed by atoms with Crippen molar-refractivity contribution >= 4 is 22.7 Å². The Bertz CT molecular complexity index is 693. The number of carbonyl (C=O) groups is 1. The fourth-order valence-electron chi connectivity index (χ4n) is 2.41. The van der Waals surface area contributed by atoms with E-state index in [1.165, 1.54) is 11.5 Å². The molecule has 1 fully saturated rings. The predicted octanol–water partition coefficient (Wildman–Crippen LogP) is 1.46. The number of hydrogen-bond donors (Lipinski definition) is 2. The molecule has 2 aromatic heterocycles. The van der Waals surface area contributed by atoms with Crippen molar-refractivity contribution in [3.8, 4) is 0 Å². The first kappa shape index (κ1) is 13.6. The molecule has 0 unspecified atom stereocenters. The molecule has 3 heterocycles. The highest BCUT2D eigenvalue weighted by Crippen LogP contribution is 2.39. The molecule has 0 radical (unpaired) electrons. The van der Waals surface area contributed by atoms with Crippen LogP contribution < -0.4 is 10.6 Å². The van der Waals surface area contributed by atoms with Crippen LogP contribution in [0.2, 0.25) is 0 Å². The number of ether oxygens (including phenoxy) is 1. The third-order valence-corrected chi connectivity index (χ3v) is 4.39. The summed E-state index contributed by atoms with van der Waals surface area (Å²) in [5.41, 5.74) is 0.976.